The number of rotatable bonds is 2. The summed E-state index contributed by atoms with van der Waals surface area (Å²) in [5, 5.41) is 12.6. The highest BCUT2D eigenvalue weighted by molar-refractivity contribution is 9.10. The monoisotopic (exact) mass is 326 g/mol. The van der Waals surface area contributed by atoms with Gasteiger partial charge in [-0.05, 0) is 64.5 Å². The van der Waals surface area contributed by atoms with Crippen LogP contribution < -0.4 is 5.32 Å². The maximum Gasteiger partial charge on any atom is 0.100 e. The van der Waals surface area contributed by atoms with Gasteiger partial charge in [0.05, 0.1) is 11.6 Å². The highest BCUT2D eigenvalue weighted by atomic mass is 79.9. The van der Waals surface area contributed by atoms with Gasteiger partial charge in [0.2, 0.25) is 0 Å². The second-order valence-electron chi connectivity index (χ2n) is 5.09. The molecular weight excluding hydrogens is 312 g/mol. The van der Waals surface area contributed by atoms with Crippen molar-refractivity contribution < 1.29 is 0 Å². The van der Waals surface area contributed by atoms with Gasteiger partial charge in [-0.3, -0.25) is 0 Å². The highest BCUT2D eigenvalue weighted by Gasteiger charge is 2.19. The van der Waals surface area contributed by atoms with Crippen LogP contribution in [0.2, 0.25) is 0 Å². The van der Waals surface area contributed by atoms with E-state index in [1.807, 2.05) is 18.2 Å². The highest BCUT2D eigenvalue weighted by Crippen LogP contribution is 2.33. The van der Waals surface area contributed by atoms with E-state index in [1.165, 1.54) is 24.0 Å². The molecule has 100 valence electrons. The number of nitrogens with one attached hydrogen (secondary N) is 1. The summed E-state index contributed by atoms with van der Waals surface area (Å²) in [7, 11) is 0. The van der Waals surface area contributed by atoms with E-state index in [1.54, 1.807) is 0 Å². The SMILES string of the molecule is N#Cc1ccc(NC2CCCc3ccccc32)cc1Br. The second-order valence-corrected chi connectivity index (χ2v) is 5.95. The predicted octanol–water partition coefficient (Wildman–Crippen LogP) is 4.81. The van der Waals surface area contributed by atoms with Crippen molar-refractivity contribution >= 4 is 21.6 Å². The van der Waals surface area contributed by atoms with E-state index in [-0.39, 0.29) is 0 Å². The van der Waals surface area contributed by atoms with Crippen molar-refractivity contribution in [2.75, 3.05) is 5.32 Å². The first-order chi connectivity index (χ1) is 9.78. The number of anilines is 1. The third-order valence-corrected chi connectivity index (χ3v) is 4.46. The van der Waals surface area contributed by atoms with Gasteiger partial charge in [-0.15, -0.1) is 0 Å². The van der Waals surface area contributed by atoms with E-state index in [4.69, 9.17) is 5.26 Å². The van der Waals surface area contributed by atoms with Crippen LogP contribution in [0.25, 0.3) is 0 Å². The molecule has 0 heterocycles. The molecule has 0 bridgehead atoms. The Morgan fingerprint density at radius 2 is 2.05 bits per heavy atom. The van der Waals surface area contributed by atoms with Crippen molar-refractivity contribution in [2.24, 2.45) is 0 Å². The van der Waals surface area contributed by atoms with Gasteiger partial charge in [0, 0.05) is 10.2 Å². The van der Waals surface area contributed by atoms with Crippen LogP contribution in [-0.2, 0) is 6.42 Å². The van der Waals surface area contributed by atoms with Crippen LogP contribution in [-0.4, -0.2) is 0 Å². The fourth-order valence-corrected chi connectivity index (χ4v) is 3.27. The largest absolute Gasteiger partial charge is 0.378 e. The average molecular weight is 327 g/mol. The minimum absolute atomic E-state index is 0.361. The Morgan fingerprint density at radius 3 is 2.85 bits per heavy atom. The van der Waals surface area contributed by atoms with Gasteiger partial charge in [0.25, 0.3) is 0 Å². The van der Waals surface area contributed by atoms with E-state index in [2.05, 4.69) is 51.6 Å². The average Bonchev–Trinajstić information content (AvgIpc) is 2.48. The molecule has 0 saturated carbocycles. The molecule has 0 amide bonds. The van der Waals surface area contributed by atoms with Crippen LogP contribution in [0.4, 0.5) is 5.69 Å². The zero-order valence-corrected chi connectivity index (χ0v) is 12.7. The summed E-state index contributed by atoms with van der Waals surface area (Å²) < 4.78 is 0.842. The summed E-state index contributed by atoms with van der Waals surface area (Å²) in [6.45, 7) is 0. The predicted molar refractivity (Wildman–Crippen MR) is 84.6 cm³/mol. The Morgan fingerprint density at radius 1 is 1.20 bits per heavy atom. The number of hydrogen-bond donors (Lipinski definition) is 1. The standard InChI is InChI=1S/C17H15BrN2/c18-16-10-14(9-8-13(16)11-19)20-17-7-3-5-12-4-1-2-6-15(12)17/h1-2,4,6,8-10,17,20H,3,5,7H2. The molecule has 0 aromatic heterocycles. The molecule has 1 aliphatic rings. The molecule has 1 unspecified atom stereocenters. The quantitative estimate of drug-likeness (QED) is 0.859. The summed E-state index contributed by atoms with van der Waals surface area (Å²) in [5.74, 6) is 0. The third kappa shape index (κ3) is 2.57. The van der Waals surface area contributed by atoms with Crippen molar-refractivity contribution in [3.63, 3.8) is 0 Å². The smallest absolute Gasteiger partial charge is 0.100 e. The van der Waals surface area contributed by atoms with E-state index < -0.39 is 0 Å². The van der Waals surface area contributed by atoms with Crippen LogP contribution in [0.15, 0.2) is 46.9 Å². The summed E-state index contributed by atoms with van der Waals surface area (Å²) in [4.78, 5) is 0. The van der Waals surface area contributed by atoms with Crippen molar-refractivity contribution in [1.82, 2.24) is 0 Å². The number of hydrogen-bond acceptors (Lipinski definition) is 2. The summed E-state index contributed by atoms with van der Waals surface area (Å²) in [6, 6.07) is 17.0. The van der Waals surface area contributed by atoms with E-state index in [0.29, 0.717) is 11.6 Å². The number of aryl methyl sites for hydroxylation is 1. The molecule has 0 saturated heterocycles. The van der Waals surface area contributed by atoms with E-state index in [0.717, 1.165) is 16.6 Å². The maximum absolute atomic E-state index is 8.96. The summed E-state index contributed by atoms with van der Waals surface area (Å²) >= 11 is 3.44. The van der Waals surface area contributed by atoms with Crippen LogP contribution in [0.5, 0.6) is 0 Å². The Hall–Kier alpha value is -1.79. The number of fused-ring (bicyclic) bond motifs is 1. The lowest BCUT2D eigenvalue weighted by molar-refractivity contribution is 0.600. The van der Waals surface area contributed by atoms with Crippen molar-refractivity contribution in [3.8, 4) is 6.07 Å². The second kappa shape index (κ2) is 5.68. The van der Waals surface area contributed by atoms with E-state index >= 15 is 0 Å². The van der Waals surface area contributed by atoms with Crippen LogP contribution in [0.1, 0.15) is 35.6 Å². The van der Waals surface area contributed by atoms with Gasteiger partial charge < -0.3 is 5.32 Å². The molecule has 1 N–H and O–H groups in total. The molecule has 2 nitrogen and oxygen atoms in total. The van der Waals surface area contributed by atoms with Gasteiger partial charge in [0.15, 0.2) is 0 Å². The van der Waals surface area contributed by atoms with E-state index in [9.17, 15) is 0 Å². The van der Waals surface area contributed by atoms with Gasteiger partial charge in [-0.1, -0.05) is 24.3 Å². The van der Waals surface area contributed by atoms with Gasteiger partial charge >= 0.3 is 0 Å². The fourth-order valence-electron chi connectivity index (χ4n) is 2.80. The molecule has 3 heteroatoms. The Balaban J connectivity index is 1.86. The van der Waals surface area contributed by atoms with Crippen molar-refractivity contribution in [3.05, 3.63) is 63.6 Å². The number of nitrogens with zero attached hydrogens (tertiary/aromatic N) is 1. The molecule has 0 radical (unpaired) electrons. The molecule has 3 rings (SSSR count). The van der Waals surface area contributed by atoms with Gasteiger partial charge in [-0.25, -0.2) is 0 Å². The lowest BCUT2D eigenvalue weighted by Crippen LogP contribution is -2.17. The minimum Gasteiger partial charge on any atom is -0.378 e. The fraction of sp³-hybridized carbons (Fsp3) is 0.235. The Kier molecular flexibility index (Phi) is 3.75. The zero-order valence-electron chi connectivity index (χ0n) is 11.1. The van der Waals surface area contributed by atoms with Gasteiger partial charge in [0.1, 0.15) is 6.07 Å². The van der Waals surface area contributed by atoms with Crippen LogP contribution >= 0.6 is 15.9 Å². The van der Waals surface area contributed by atoms with Crippen molar-refractivity contribution in [2.45, 2.75) is 25.3 Å². The minimum atomic E-state index is 0.361. The third-order valence-electron chi connectivity index (χ3n) is 3.80. The first-order valence-corrected chi connectivity index (χ1v) is 7.61. The molecule has 1 aliphatic carbocycles. The Bertz CT molecular complexity index is 673. The number of nitriles is 1. The normalized spacial score (nSPS) is 17.1. The summed E-state index contributed by atoms with van der Waals surface area (Å²) in [6.07, 6.45) is 3.53. The molecular formula is C17H15BrN2. The molecule has 0 fully saturated rings. The number of benzene rings is 2. The summed E-state index contributed by atoms with van der Waals surface area (Å²) in [5.41, 5.74) is 4.57. The Labute approximate surface area is 127 Å². The molecule has 2 aromatic rings. The van der Waals surface area contributed by atoms with Crippen LogP contribution in [0, 0.1) is 11.3 Å². The van der Waals surface area contributed by atoms with Crippen LogP contribution in [0.3, 0.4) is 0 Å². The van der Waals surface area contributed by atoms with Crippen molar-refractivity contribution in [1.29, 1.82) is 5.26 Å². The molecule has 2 aromatic carbocycles. The number of halogens is 1. The topological polar surface area (TPSA) is 35.8 Å². The van der Waals surface area contributed by atoms with Gasteiger partial charge in [-0.2, -0.15) is 5.26 Å². The molecule has 1 atom stereocenters. The molecule has 20 heavy (non-hydrogen) atoms. The lowest BCUT2D eigenvalue weighted by atomic mass is 9.87. The first-order valence-electron chi connectivity index (χ1n) is 6.82. The maximum atomic E-state index is 8.96. The molecule has 0 aliphatic heterocycles. The lowest BCUT2D eigenvalue weighted by Gasteiger charge is -2.27. The first kappa shape index (κ1) is 13.2. The zero-order chi connectivity index (χ0) is 13.9. The molecule has 0 spiro atoms.